The Bertz CT molecular complexity index is 349. The van der Waals surface area contributed by atoms with Crippen molar-refractivity contribution in [1.82, 2.24) is 0 Å². The number of aliphatic hydroxyl groups excluding tert-OH is 1. The minimum absolute atomic E-state index is 0.401. The van der Waals surface area contributed by atoms with E-state index in [9.17, 15) is 5.11 Å². The predicted octanol–water partition coefficient (Wildman–Crippen LogP) is 6.44. The normalized spacial score (nSPS) is 44.4. The molecular formula is C23H42O. The van der Waals surface area contributed by atoms with E-state index in [1.807, 2.05) is 0 Å². The van der Waals surface area contributed by atoms with Crippen molar-refractivity contribution in [2.24, 2.45) is 41.4 Å². The molecule has 3 saturated carbocycles. The first-order valence-corrected chi connectivity index (χ1v) is 11.3. The lowest BCUT2D eigenvalue weighted by molar-refractivity contribution is 0.0522. The van der Waals surface area contributed by atoms with Gasteiger partial charge in [0.2, 0.25) is 0 Å². The minimum Gasteiger partial charge on any atom is -0.396 e. The van der Waals surface area contributed by atoms with Crippen molar-refractivity contribution in [1.29, 1.82) is 0 Å². The molecule has 3 atom stereocenters. The highest BCUT2D eigenvalue weighted by atomic mass is 16.3. The van der Waals surface area contributed by atoms with E-state index in [2.05, 4.69) is 13.8 Å². The molecule has 140 valence electrons. The van der Waals surface area contributed by atoms with Gasteiger partial charge in [0.15, 0.2) is 0 Å². The fourth-order valence-corrected chi connectivity index (χ4v) is 6.69. The van der Waals surface area contributed by atoms with Crippen molar-refractivity contribution in [2.45, 2.75) is 97.3 Å². The molecule has 0 aromatic heterocycles. The number of hydrogen-bond donors (Lipinski definition) is 1. The summed E-state index contributed by atoms with van der Waals surface area (Å²) in [4.78, 5) is 0. The van der Waals surface area contributed by atoms with Crippen molar-refractivity contribution in [3.63, 3.8) is 0 Å². The van der Waals surface area contributed by atoms with E-state index in [-0.39, 0.29) is 0 Å². The zero-order chi connectivity index (χ0) is 16.9. The maximum Gasteiger partial charge on any atom is 0.0433 e. The molecule has 3 fully saturated rings. The Morgan fingerprint density at radius 1 is 0.750 bits per heavy atom. The Labute approximate surface area is 151 Å². The van der Waals surface area contributed by atoms with E-state index in [1.54, 1.807) is 6.42 Å². The van der Waals surface area contributed by atoms with E-state index in [4.69, 9.17) is 0 Å². The van der Waals surface area contributed by atoms with Crippen molar-refractivity contribution < 1.29 is 5.11 Å². The first-order chi connectivity index (χ1) is 11.7. The van der Waals surface area contributed by atoms with Crippen LogP contribution in [0.15, 0.2) is 0 Å². The summed E-state index contributed by atoms with van der Waals surface area (Å²) < 4.78 is 0. The van der Waals surface area contributed by atoms with Gasteiger partial charge in [0.05, 0.1) is 0 Å². The van der Waals surface area contributed by atoms with Crippen LogP contribution in [-0.4, -0.2) is 11.7 Å². The number of hydrogen-bond acceptors (Lipinski definition) is 1. The van der Waals surface area contributed by atoms with Crippen LogP contribution < -0.4 is 0 Å². The summed E-state index contributed by atoms with van der Waals surface area (Å²) in [5.41, 5.74) is 0. The van der Waals surface area contributed by atoms with Gasteiger partial charge in [-0.15, -0.1) is 0 Å². The number of rotatable bonds is 5. The molecular weight excluding hydrogens is 292 g/mol. The van der Waals surface area contributed by atoms with E-state index in [0.717, 1.165) is 47.8 Å². The van der Waals surface area contributed by atoms with Crippen LogP contribution in [0.4, 0.5) is 0 Å². The lowest BCUT2D eigenvalue weighted by Gasteiger charge is -2.45. The van der Waals surface area contributed by atoms with E-state index in [1.165, 1.54) is 70.6 Å². The molecule has 3 aliphatic carbocycles. The first-order valence-electron chi connectivity index (χ1n) is 11.3. The summed E-state index contributed by atoms with van der Waals surface area (Å²) in [5, 5.41) is 9.18. The molecule has 1 heteroatoms. The van der Waals surface area contributed by atoms with Gasteiger partial charge in [-0.2, -0.15) is 0 Å². The van der Waals surface area contributed by atoms with Crippen molar-refractivity contribution in [3.05, 3.63) is 0 Å². The molecule has 3 rings (SSSR count). The van der Waals surface area contributed by atoms with Crippen LogP contribution in [0.3, 0.4) is 0 Å². The molecule has 0 heterocycles. The zero-order valence-electron chi connectivity index (χ0n) is 16.4. The third-order valence-electron chi connectivity index (χ3n) is 8.37. The van der Waals surface area contributed by atoms with Gasteiger partial charge in [-0.25, -0.2) is 0 Å². The van der Waals surface area contributed by atoms with Gasteiger partial charge in [-0.05, 0) is 92.8 Å². The molecule has 0 aromatic rings. The third-order valence-corrected chi connectivity index (χ3v) is 8.37. The Morgan fingerprint density at radius 3 is 2.00 bits per heavy atom. The summed E-state index contributed by atoms with van der Waals surface area (Å²) in [6.45, 7) is 5.31. The average molecular weight is 335 g/mol. The average Bonchev–Trinajstić information content (AvgIpc) is 2.63. The second kappa shape index (κ2) is 9.06. The van der Waals surface area contributed by atoms with Gasteiger partial charge in [0.1, 0.15) is 0 Å². The highest BCUT2D eigenvalue weighted by molar-refractivity contribution is 4.89. The van der Waals surface area contributed by atoms with Gasteiger partial charge in [-0.1, -0.05) is 46.0 Å². The molecule has 0 aliphatic heterocycles. The molecule has 3 aliphatic rings. The molecule has 0 radical (unpaired) electrons. The molecule has 0 aromatic carbocycles. The van der Waals surface area contributed by atoms with Crippen LogP contribution in [0.5, 0.6) is 0 Å². The minimum atomic E-state index is 0.401. The van der Waals surface area contributed by atoms with Gasteiger partial charge in [0, 0.05) is 6.61 Å². The summed E-state index contributed by atoms with van der Waals surface area (Å²) in [7, 11) is 0. The van der Waals surface area contributed by atoms with Crippen molar-refractivity contribution >= 4 is 0 Å². The fraction of sp³-hybridized carbons (Fsp3) is 1.00. The standard InChI is InChI=1S/C23H42O/c1-3-19-16-22(20-8-4-17(2)5-9-20)12-13-23(19)21-10-6-18(7-11-21)14-15-24/h17-24H,3-16H2,1-2H3. The summed E-state index contributed by atoms with van der Waals surface area (Å²) in [6, 6.07) is 0. The summed E-state index contributed by atoms with van der Waals surface area (Å²) in [5.74, 6) is 7.00. The quantitative estimate of drug-likeness (QED) is 0.613. The van der Waals surface area contributed by atoms with Crippen LogP contribution >= 0.6 is 0 Å². The van der Waals surface area contributed by atoms with Gasteiger partial charge in [0.25, 0.3) is 0 Å². The van der Waals surface area contributed by atoms with Crippen molar-refractivity contribution in [2.75, 3.05) is 6.61 Å². The second-order valence-electron chi connectivity index (χ2n) is 9.72. The maximum atomic E-state index is 9.18. The van der Waals surface area contributed by atoms with Crippen LogP contribution in [-0.2, 0) is 0 Å². The van der Waals surface area contributed by atoms with Gasteiger partial charge >= 0.3 is 0 Å². The first kappa shape index (κ1) is 18.7. The second-order valence-corrected chi connectivity index (χ2v) is 9.72. The van der Waals surface area contributed by atoms with E-state index in [0.29, 0.717) is 6.61 Å². The zero-order valence-corrected chi connectivity index (χ0v) is 16.4. The Kier molecular flexibility index (Phi) is 7.07. The van der Waals surface area contributed by atoms with Crippen LogP contribution in [0.25, 0.3) is 0 Å². The molecule has 24 heavy (non-hydrogen) atoms. The largest absolute Gasteiger partial charge is 0.396 e. The monoisotopic (exact) mass is 334 g/mol. The highest BCUT2D eigenvalue weighted by Gasteiger charge is 2.38. The fourth-order valence-electron chi connectivity index (χ4n) is 6.69. The highest BCUT2D eigenvalue weighted by Crippen LogP contribution is 2.49. The molecule has 0 spiro atoms. The Hall–Kier alpha value is -0.0400. The Balaban J connectivity index is 1.50. The molecule has 1 N–H and O–H groups in total. The van der Waals surface area contributed by atoms with Crippen LogP contribution in [0.1, 0.15) is 97.3 Å². The van der Waals surface area contributed by atoms with Gasteiger partial charge in [-0.3, -0.25) is 0 Å². The summed E-state index contributed by atoms with van der Waals surface area (Å²) >= 11 is 0. The van der Waals surface area contributed by atoms with E-state index < -0.39 is 0 Å². The van der Waals surface area contributed by atoms with E-state index >= 15 is 0 Å². The third kappa shape index (κ3) is 4.57. The molecule has 0 bridgehead atoms. The topological polar surface area (TPSA) is 20.2 Å². The molecule has 0 saturated heterocycles. The Morgan fingerprint density at radius 2 is 1.38 bits per heavy atom. The van der Waals surface area contributed by atoms with Gasteiger partial charge < -0.3 is 5.11 Å². The lowest BCUT2D eigenvalue weighted by Crippen LogP contribution is -2.35. The molecule has 3 unspecified atom stereocenters. The lowest BCUT2D eigenvalue weighted by atomic mass is 9.60. The van der Waals surface area contributed by atoms with Crippen molar-refractivity contribution in [3.8, 4) is 0 Å². The maximum absolute atomic E-state index is 9.18. The SMILES string of the molecule is CCC1CC(C2CCC(C)CC2)CCC1C1CCC(CCO)CC1. The predicted molar refractivity (Wildman–Crippen MR) is 103 cm³/mol. The number of aliphatic hydroxyl groups is 1. The van der Waals surface area contributed by atoms with Crippen LogP contribution in [0, 0.1) is 41.4 Å². The smallest absolute Gasteiger partial charge is 0.0433 e. The molecule has 0 amide bonds. The summed E-state index contributed by atoms with van der Waals surface area (Å²) in [6.07, 6.45) is 18.8. The molecule has 1 nitrogen and oxygen atoms in total. The van der Waals surface area contributed by atoms with Crippen LogP contribution in [0.2, 0.25) is 0 Å².